The number of fused-ring (bicyclic) bond motifs is 1. The van der Waals surface area contributed by atoms with Crippen molar-refractivity contribution in [2.75, 3.05) is 11.9 Å². The number of carbonyl (C=O) groups excluding carboxylic acids is 1. The molecule has 5 heteroatoms. The van der Waals surface area contributed by atoms with Gasteiger partial charge in [0, 0.05) is 4.47 Å². The van der Waals surface area contributed by atoms with E-state index in [0.29, 0.717) is 5.75 Å². The summed E-state index contributed by atoms with van der Waals surface area (Å²) in [6.45, 7) is 2.14. The molecule has 1 aliphatic heterocycles. The Morgan fingerprint density at radius 1 is 1.19 bits per heavy atom. The van der Waals surface area contributed by atoms with E-state index in [4.69, 9.17) is 4.74 Å². The lowest BCUT2D eigenvalue weighted by atomic mass is 10.0. The number of halogens is 2. The number of hydrogen-bond acceptors (Lipinski definition) is 2. The largest absolute Gasteiger partial charge is 0.482 e. The van der Waals surface area contributed by atoms with E-state index in [1.165, 1.54) is 5.56 Å². The van der Waals surface area contributed by atoms with Crippen molar-refractivity contribution in [3.8, 4) is 5.75 Å². The minimum atomic E-state index is -0.121. The summed E-state index contributed by atoms with van der Waals surface area (Å²) in [5, 5.41) is 2.83. The maximum Gasteiger partial charge on any atom is 0.262 e. The van der Waals surface area contributed by atoms with Crippen LogP contribution in [0.4, 0.5) is 5.69 Å². The van der Waals surface area contributed by atoms with Crippen molar-refractivity contribution in [2.24, 2.45) is 0 Å². The number of hydrogen-bond donors (Lipinski definition) is 1. The fourth-order valence-corrected chi connectivity index (χ4v) is 3.18. The van der Waals surface area contributed by atoms with Crippen molar-refractivity contribution >= 4 is 43.5 Å². The average Bonchev–Trinajstić information content (AvgIpc) is 2.48. The third-order valence-electron chi connectivity index (χ3n) is 3.42. The summed E-state index contributed by atoms with van der Waals surface area (Å²) >= 11 is 7.28. The van der Waals surface area contributed by atoms with Crippen molar-refractivity contribution in [1.82, 2.24) is 0 Å². The molecule has 0 saturated heterocycles. The van der Waals surface area contributed by atoms with Crippen LogP contribution in [0.3, 0.4) is 0 Å². The molecule has 0 fully saturated rings. The number of nitrogens with one attached hydrogen (secondary N) is 1. The van der Waals surface area contributed by atoms with Gasteiger partial charge in [0.05, 0.1) is 10.5 Å². The van der Waals surface area contributed by atoms with Gasteiger partial charge in [-0.25, -0.2) is 0 Å². The second kappa shape index (κ2) is 5.81. The summed E-state index contributed by atoms with van der Waals surface area (Å²) in [6.07, 6.45) is 0. The van der Waals surface area contributed by atoms with Gasteiger partial charge in [0.15, 0.2) is 6.61 Å². The number of anilines is 1. The lowest BCUT2D eigenvalue weighted by molar-refractivity contribution is -0.118. The van der Waals surface area contributed by atoms with Crippen LogP contribution < -0.4 is 10.1 Å². The van der Waals surface area contributed by atoms with Gasteiger partial charge >= 0.3 is 0 Å². The van der Waals surface area contributed by atoms with E-state index in [1.807, 2.05) is 18.2 Å². The van der Waals surface area contributed by atoms with Crippen LogP contribution in [0.5, 0.6) is 5.75 Å². The SMILES string of the molecule is Cc1ccc(C(Br)c2ccc3c(c2)NC(=O)CO3)cc1Br. The molecule has 0 aliphatic carbocycles. The van der Waals surface area contributed by atoms with E-state index in [2.05, 4.69) is 62.3 Å². The van der Waals surface area contributed by atoms with Crippen LogP contribution in [0, 0.1) is 6.92 Å². The topological polar surface area (TPSA) is 38.3 Å². The molecule has 0 spiro atoms. The third kappa shape index (κ3) is 2.99. The number of alkyl halides is 1. The van der Waals surface area contributed by atoms with Crippen molar-refractivity contribution in [1.29, 1.82) is 0 Å². The zero-order chi connectivity index (χ0) is 15.0. The first-order valence-electron chi connectivity index (χ1n) is 6.51. The number of carbonyl (C=O) groups is 1. The molecule has 2 aromatic rings. The maximum atomic E-state index is 11.4. The first kappa shape index (κ1) is 14.6. The number of rotatable bonds is 2. The molecule has 3 rings (SSSR count). The van der Waals surface area contributed by atoms with Gasteiger partial charge in [-0.15, -0.1) is 0 Å². The highest BCUT2D eigenvalue weighted by Gasteiger charge is 2.19. The van der Waals surface area contributed by atoms with Gasteiger partial charge < -0.3 is 10.1 Å². The molecule has 1 aliphatic rings. The first-order valence-corrected chi connectivity index (χ1v) is 8.22. The summed E-state index contributed by atoms with van der Waals surface area (Å²) in [6, 6.07) is 12.1. The summed E-state index contributed by atoms with van der Waals surface area (Å²) < 4.78 is 6.46. The molecule has 1 unspecified atom stereocenters. The minimum absolute atomic E-state index is 0.0542. The smallest absolute Gasteiger partial charge is 0.262 e. The van der Waals surface area contributed by atoms with Gasteiger partial charge in [0.1, 0.15) is 5.75 Å². The summed E-state index contributed by atoms with van der Waals surface area (Å²) in [7, 11) is 0. The number of amides is 1. The van der Waals surface area contributed by atoms with Crippen LogP contribution in [0.2, 0.25) is 0 Å². The lowest BCUT2D eigenvalue weighted by Crippen LogP contribution is -2.25. The molecular formula is C16H13Br2NO2. The van der Waals surface area contributed by atoms with Crippen LogP contribution >= 0.6 is 31.9 Å². The molecule has 2 aromatic carbocycles. The number of ether oxygens (including phenoxy) is 1. The molecule has 0 radical (unpaired) electrons. The predicted octanol–water partition coefficient (Wildman–Crippen LogP) is 4.57. The summed E-state index contributed by atoms with van der Waals surface area (Å²) in [5.41, 5.74) is 4.13. The highest BCUT2D eigenvalue weighted by molar-refractivity contribution is 9.10. The Hall–Kier alpha value is -1.33. The predicted molar refractivity (Wildman–Crippen MR) is 90.2 cm³/mol. The standard InChI is InChI=1S/C16H13Br2NO2/c1-9-2-3-10(6-12(9)17)16(18)11-4-5-14-13(7-11)19-15(20)8-21-14/h2-7,16H,8H2,1H3,(H,19,20). The average molecular weight is 411 g/mol. The van der Waals surface area contributed by atoms with E-state index in [9.17, 15) is 4.79 Å². The monoisotopic (exact) mass is 409 g/mol. The zero-order valence-electron chi connectivity index (χ0n) is 11.3. The second-order valence-corrected chi connectivity index (χ2v) is 6.73. The minimum Gasteiger partial charge on any atom is -0.482 e. The fourth-order valence-electron chi connectivity index (χ4n) is 2.22. The van der Waals surface area contributed by atoms with E-state index < -0.39 is 0 Å². The van der Waals surface area contributed by atoms with Gasteiger partial charge in [-0.3, -0.25) is 4.79 Å². The van der Waals surface area contributed by atoms with Gasteiger partial charge in [0.25, 0.3) is 5.91 Å². The van der Waals surface area contributed by atoms with Gasteiger partial charge in [-0.1, -0.05) is 50.1 Å². The Labute approximate surface area is 140 Å². The van der Waals surface area contributed by atoms with Gasteiger partial charge in [-0.2, -0.15) is 0 Å². The molecule has 1 atom stereocenters. The summed E-state index contributed by atoms with van der Waals surface area (Å²) in [4.78, 5) is 11.5. The van der Waals surface area contributed by atoms with Crippen molar-refractivity contribution in [3.05, 3.63) is 57.6 Å². The van der Waals surface area contributed by atoms with Crippen LogP contribution in [0.1, 0.15) is 21.5 Å². The molecule has 0 aromatic heterocycles. The van der Waals surface area contributed by atoms with Crippen LogP contribution in [-0.4, -0.2) is 12.5 Å². The van der Waals surface area contributed by atoms with Crippen LogP contribution in [-0.2, 0) is 4.79 Å². The number of aryl methyl sites for hydroxylation is 1. The Kier molecular flexibility index (Phi) is 4.04. The highest BCUT2D eigenvalue weighted by atomic mass is 79.9. The fraction of sp³-hybridized carbons (Fsp3) is 0.188. The Morgan fingerprint density at radius 3 is 2.67 bits per heavy atom. The van der Waals surface area contributed by atoms with E-state index in [0.717, 1.165) is 21.3 Å². The zero-order valence-corrected chi connectivity index (χ0v) is 14.5. The Bertz CT molecular complexity index is 715. The molecular weight excluding hydrogens is 398 g/mol. The first-order chi connectivity index (χ1) is 10.0. The normalized spacial score (nSPS) is 14.9. The molecule has 0 saturated carbocycles. The number of benzene rings is 2. The van der Waals surface area contributed by atoms with Crippen LogP contribution in [0.25, 0.3) is 0 Å². The van der Waals surface area contributed by atoms with Gasteiger partial charge in [-0.05, 0) is 41.8 Å². The molecule has 1 heterocycles. The van der Waals surface area contributed by atoms with E-state index >= 15 is 0 Å². The quantitative estimate of drug-likeness (QED) is 0.736. The molecule has 108 valence electrons. The molecule has 1 amide bonds. The lowest BCUT2D eigenvalue weighted by Gasteiger charge is -2.20. The third-order valence-corrected chi connectivity index (χ3v) is 5.33. The van der Waals surface area contributed by atoms with E-state index in [-0.39, 0.29) is 17.3 Å². The Morgan fingerprint density at radius 2 is 1.90 bits per heavy atom. The highest BCUT2D eigenvalue weighted by Crippen LogP contribution is 2.37. The van der Waals surface area contributed by atoms with Crippen molar-refractivity contribution < 1.29 is 9.53 Å². The van der Waals surface area contributed by atoms with Crippen LogP contribution in [0.15, 0.2) is 40.9 Å². The molecule has 1 N–H and O–H groups in total. The molecule has 0 bridgehead atoms. The summed E-state index contributed by atoms with van der Waals surface area (Å²) in [5.74, 6) is 0.590. The second-order valence-electron chi connectivity index (χ2n) is 4.96. The maximum absolute atomic E-state index is 11.4. The van der Waals surface area contributed by atoms with Crippen molar-refractivity contribution in [3.63, 3.8) is 0 Å². The molecule has 3 nitrogen and oxygen atoms in total. The van der Waals surface area contributed by atoms with Gasteiger partial charge in [0.2, 0.25) is 0 Å². The molecule has 21 heavy (non-hydrogen) atoms. The van der Waals surface area contributed by atoms with E-state index in [1.54, 1.807) is 0 Å². The van der Waals surface area contributed by atoms with Crippen molar-refractivity contribution in [2.45, 2.75) is 11.8 Å². The Balaban J connectivity index is 1.94.